The summed E-state index contributed by atoms with van der Waals surface area (Å²) in [5.41, 5.74) is 0.751. The van der Waals surface area contributed by atoms with E-state index in [1.807, 2.05) is 30.3 Å². The molecular weight excluding hydrogens is 162 g/mol. The molecule has 0 aromatic heterocycles. The molecule has 0 bridgehead atoms. The molecule has 1 amide bonds. The molecule has 1 aliphatic rings. The normalized spacial score (nSPS) is 25.3. The Balaban J connectivity index is 1.98. The van der Waals surface area contributed by atoms with Crippen LogP contribution in [0, 0.1) is 5.92 Å². The van der Waals surface area contributed by atoms with Gasteiger partial charge in [0.1, 0.15) is 0 Å². The smallest absolute Gasteiger partial charge is 0.251 e. The van der Waals surface area contributed by atoms with E-state index >= 15 is 0 Å². The lowest BCUT2D eigenvalue weighted by Gasteiger charge is -2.02. The molecule has 1 N–H and O–H groups in total. The molecule has 0 unspecified atom stereocenters. The van der Waals surface area contributed by atoms with Crippen LogP contribution in [0.1, 0.15) is 23.7 Å². The van der Waals surface area contributed by atoms with E-state index in [1.54, 1.807) is 0 Å². The summed E-state index contributed by atoms with van der Waals surface area (Å²) < 4.78 is 0. The van der Waals surface area contributed by atoms with Crippen molar-refractivity contribution < 1.29 is 4.79 Å². The van der Waals surface area contributed by atoms with Crippen LogP contribution in [0.15, 0.2) is 30.3 Å². The summed E-state index contributed by atoms with van der Waals surface area (Å²) in [6.07, 6.45) is 1.12. The first-order valence-corrected chi connectivity index (χ1v) is 4.63. The summed E-state index contributed by atoms with van der Waals surface area (Å²) in [6, 6.07) is 9.75. The van der Waals surface area contributed by atoms with E-state index in [0.717, 1.165) is 12.0 Å². The van der Waals surface area contributed by atoms with E-state index in [4.69, 9.17) is 0 Å². The van der Waals surface area contributed by atoms with Crippen molar-refractivity contribution in [3.05, 3.63) is 35.9 Å². The molecule has 0 saturated heterocycles. The molecule has 0 radical (unpaired) electrons. The van der Waals surface area contributed by atoms with Gasteiger partial charge in [-0.2, -0.15) is 0 Å². The lowest BCUT2D eigenvalue weighted by atomic mass is 10.2. The van der Waals surface area contributed by atoms with E-state index in [0.29, 0.717) is 12.0 Å². The summed E-state index contributed by atoms with van der Waals surface area (Å²) in [4.78, 5) is 11.5. The Kier molecular flexibility index (Phi) is 2.05. The molecular formula is C11H13NO. The Morgan fingerprint density at radius 2 is 2.00 bits per heavy atom. The number of carbonyl (C=O) groups excluding carboxylic acids is 1. The minimum Gasteiger partial charge on any atom is -0.349 e. The third kappa shape index (κ3) is 1.89. The fraction of sp³-hybridized carbons (Fsp3) is 0.364. The zero-order chi connectivity index (χ0) is 9.26. The number of benzene rings is 1. The maximum absolute atomic E-state index is 11.5. The zero-order valence-corrected chi connectivity index (χ0v) is 7.66. The fourth-order valence-electron chi connectivity index (χ4n) is 1.36. The quantitative estimate of drug-likeness (QED) is 0.730. The average Bonchev–Trinajstić information content (AvgIpc) is 2.83. The topological polar surface area (TPSA) is 29.1 Å². The number of nitrogens with one attached hydrogen (secondary N) is 1. The Labute approximate surface area is 78.0 Å². The van der Waals surface area contributed by atoms with Crippen molar-refractivity contribution in [3.63, 3.8) is 0 Å². The van der Waals surface area contributed by atoms with Crippen LogP contribution >= 0.6 is 0 Å². The molecule has 1 aromatic rings. The average molecular weight is 175 g/mol. The van der Waals surface area contributed by atoms with Crippen molar-refractivity contribution in [1.82, 2.24) is 5.32 Å². The number of carbonyl (C=O) groups is 1. The van der Waals surface area contributed by atoms with E-state index in [1.165, 1.54) is 0 Å². The zero-order valence-electron chi connectivity index (χ0n) is 7.66. The minimum atomic E-state index is 0.0509. The molecule has 68 valence electrons. The SMILES string of the molecule is C[C@@H]1C[C@H]1NC(=O)c1ccccc1. The van der Waals surface area contributed by atoms with Crippen LogP contribution in [-0.4, -0.2) is 11.9 Å². The summed E-state index contributed by atoms with van der Waals surface area (Å²) in [5.74, 6) is 0.711. The molecule has 0 spiro atoms. The largest absolute Gasteiger partial charge is 0.349 e. The number of amides is 1. The van der Waals surface area contributed by atoms with Crippen LogP contribution in [0.4, 0.5) is 0 Å². The first-order chi connectivity index (χ1) is 6.27. The second kappa shape index (κ2) is 3.21. The summed E-state index contributed by atoms with van der Waals surface area (Å²) in [6.45, 7) is 2.15. The van der Waals surface area contributed by atoms with Crippen molar-refractivity contribution in [1.29, 1.82) is 0 Å². The van der Waals surface area contributed by atoms with Crippen LogP contribution in [0.25, 0.3) is 0 Å². The van der Waals surface area contributed by atoms with Crippen molar-refractivity contribution in [2.75, 3.05) is 0 Å². The highest BCUT2D eigenvalue weighted by Crippen LogP contribution is 2.29. The number of hydrogen-bond donors (Lipinski definition) is 1. The van der Waals surface area contributed by atoms with Crippen LogP contribution in [-0.2, 0) is 0 Å². The maximum atomic E-state index is 11.5. The summed E-state index contributed by atoms with van der Waals surface area (Å²) in [7, 11) is 0. The Hall–Kier alpha value is -1.31. The molecule has 1 saturated carbocycles. The fourth-order valence-corrected chi connectivity index (χ4v) is 1.36. The lowest BCUT2D eigenvalue weighted by Crippen LogP contribution is -2.26. The Morgan fingerprint density at radius 3 is 2.54 bits per heavy atom. The first-order valence-electron chi connectivity index (χ1n) is 4.63. The molecule has 0 heterocycles. The molecule has 2 nitrogen and oxygen atoms in total. The standard InChI is InChI=1S/C11H13NO/c1-8-7-10(8)12-11(13)9-5-3-2-4-6-9/h2-6,8,10H,7H2,1H3,(H,12,13)/t8-,10-/m1/s1. The van der Waals surface area contributed by atoms with Gasteiger partial charge in [-0.05, 0) is 24.5 Å². The summed E-state index contributed by atoms with van der Waals surface area (Å²) in [5, 5.41) is 2.98. The van der Waals surface area contributed by atoms with Gasteiger partial charge in [-0.1, -0.05) is 25.1 Å². The molecule has 1 aromatic carbocycles. The molecule has 13 heavy (non-hydrogen) atoms. The minimum absolute atomic E-state index is 0.0509. The predicted octanol–water partition coefficient (Wildman–Crippen LogP) is 1.82. The highest BCUT2D eigenvalue weighted by molar-refractivity contribution is 5.94. The van der Waals surface area contributed by atoms with Gasteiger partial charge in [0.2, 0.25) is 0 Å². The van der Waals surface area contributed by atoms with E-state index in [-0.39, 0.29) is 5.91 Å². The number of hydrogen-bond acceptors (Lipinski definition) is 1. The van der Waals surface area contributed by atoms with Gasteiger partial charge in [0, 0.05) is 11.6 Å². The Bertz CT molecular complexity index is 307. The first kappa shape index (κ1) is 8.30. The molecule has 2 rings (SSSR count). The monoisotopic (exact) mass is 175 g/mol. The van der Waals surface area contributed by atoms with Crippen molar-refractivity contribution in [3.8, 4) is 0 Å². The van der Waals surface area contributed by atoms with Crippen LogP contribution in [0.3, 0.4) is 0 Å². The van der Waals surface area contributed by atoms with Crippen molar-refractivity contribution >= 4 is 5.91 Å². The molecule has 1 aliphatic carbocycles. The third-order valence-electron chi connectivity index (χ3n) is 2.46. The van der Waals surface area contributed by atoms with E-state index in [2.05, 4.69) is 12.2 Å². The second-order valence-corrected chi connectivity index (χ2v) is 3.66. The van der Waals surface area contributed by atoms with Gasteiger partial charge >= 0.3 is 0 Å². The van der Waals surface area contributed by atoms with Gasteiger partial charge in [-0.3, -0.25) is 4.79 Å². The highest BCUT2D eigenvalue weighted by Gasteiger charge is 2.33. The second-order valence-electron chi connectivity index (χ2n) is 3.66. The Morgan fingerprint density at radius 1 is 1.38 bits per heavy atom. The third-order valence-corrected chi connectivity index (χ3v) is 2.46. The summed E-state index contributed by atoms with van der Waals surface area (Å²) >= 11 is 0. The van der Waals surface area contributed by atoms with Gasteiger partial charge in [0.15, 0.2) is 0 Å². The number of rotatable bonds is 2. The lowest BCUT2D eigenvalue weighted by molar-refractivity contribution is 0.0949. The maximum Gasteiger partial charge on any atom is 0.251 e. The van der Waals surface area contributed by atoms with Gasteiger partial charge in [0.25, 0.3) is 5.91 Å². The predicted molar refractivity (Wildman–Crippen MR) is 51.5 cm³/mol. The van der Waals surface area contributed by atoms with E-state index < -0.39 is 0 Å². The van der Waals surface area contributed by atoms with Gasteiger partial charge in [-0.25, -0.2) is 0 Å². The molecule has 0 aliphatic heterocycles. The molecule has 2 heteroatoms. The van der Waals surface area contributed by atoms with Gasteiger partial charge in [-0.15, -0.1) is 0 Å². The highest BCUT2D eigenvalue weighted by atomic mass is 16.1. The molecule has 1 fully saturated rings. The van der Waals surface area contributed by atoms with Crippen LogP contribution < -0.4 is 5.32 Å². The van der Waals surface area contributed by atoms with Crippen molar-refractivity contribution in [2.45, 2.75) is 19.4 Å². The van der Waals surface area contributed by atoms with Gasteiger partial charge in [0.05, 0.1) is 0 Å². The van der Waals surface area contributed by atoms with Crippen LogP contribution in [0.2, 0.25) is 0 Å². The van der Waals surface area contributed by atoms with Crippen molar-refractivity contribution in [2.24, 2.45) is 5.92 Å². The van der Waals surface area contributed by atoms with Gasteiger partial charge < -0.3 is 5.32 Å². The van der Waals surface area contributed by atoms with Crippen LogP contribution in [0.5, 0.6) is 0 Å². The van der Waals surface area contributed by atoms with E-state index in [9.17, 15) is 4.79 Å². The molecule has 2 atom stereocenters.